The summed E-state index contributed by atoms with van der Waals surface area (Å²) in [5, 5.41) is 7.93. The number of hydrogen-bond acceptors (Lipinski definition) is 4. The Morgan fingerprint density at radius 1 is 1.52 bits per heavy atom. The molecule has 116 valence electrons. The number of nitrogens with two attached hydrogens (primary N) is 1. The topological polar surface area (TPSA) is 98.5 Å². The summed E-state index contributed by atoms with van der Waals surface area (Å²) in [6.07, 6.45) is 0.917. The van der Waals surface area contributed by atoms with E-state index in [0.717, 1.165) is 6.42 Å². The van der Waals surface area contributed by atoms with E-state index >= 15 is 0 Å². The Morgan fingerprint density at radius 2 is 2.24 bits per heavy atom. The number of nitrogens with one attached hydrogen (secondary N) is 1. The van der Waals surface area contributed by atoms with Crippen molar-refractivity contribution in [2.24, 2.45) is 11.1 Å². The third kappa shape index (κ3) is 4.03. The summed E-state index contributed by atoms with van der Waals surface area (Å²) in [6, 6.07) is 2.70. The zero-order chi connectivity index (χ0) is 15.6. The number of amides is 1. The Bertz CT molecular complexity index is 654. The molecule has 1 atom stereocenters. The molecular weight excluding hydrogens is 360 g/mol. The van der Waals surface area contributed by atoms with Crippen molar-refractivity contribution in [3.05, 3.63) is 27.7 Å². The van der Waals surface area contributed by atoms with E-state index in [9.17, 15) is 13.2 Å². The van der Waals surface area contributed by atoms with Gasteiger partial charge in [0.25, 0.3) is 5.91 Å². The van der Waals surface area contributed by atoms with Crippen LogP contribution in [0.15, 0.2) is 21.5 Å². The average Bonchev–Trinajstić information content (AvgIpc) is 2.91. The molecule has 1 aliphatic rings. The van der Waals surface area contributed by atoms with Gasteiger partial charge in [-0.25, -0.2) is 13.6 Å². The van der Waals surface area contributed by atoms with Crippen molar-refractivity contribution in [1.29, 1.82) is 0 Å². The van der Waals surface area contributed by atoms with E-state index in [4.69, 9.17) is 9.88 Å². The SMILES string of the molecule is Cc1c(Br)cc(S(N)(=O)=O)cc1C(=O)NCC1CCOC1. The largest absolute Gasteiger partial charge is 0.381 e. The third-order valence-electron chi connectivity index (χ3n) is 3.47. The van der Waals surface area contributed by atoms with Crippen LogP contribution in [0.2, 0.25) is 0 Å². The van der Waals surface area contributed by atoms with Crippen molar-refractivity contribution in [2.75, 3.05) is 19.8 Å². The van der Waals surface area contributed by atoms with Gasteiger partial charge in [-0.2, -0.15) is 0 Å². The highest BCUT2D eigenvalue weighted by atomic mass is 79.9. The van der Waals surface area contributed by atoms with E-state index in [-0.39, 0.29) is 10.8 Å². The Kier molecular flexibility index (Phi) is 5.03. The fourth-order valence-electron chi connectivity index (χ4n) is 2.13. The maximum atomic E-state index is 12.2. The number of primary sulfonamides is 1. The summed E-state index contributed by atoms with van der Waals surface area (Å²) in [5.74, 6) is -0.00952. The van der Waals surface area contributed by atoms with Crippen LogP contribution in [0.1, 0.15) is 22.3 Å². The number of hydrogen-bond donors (Lipinski definition) is 2. The minimum Gasteiger partial charge on any atom is -0.381 e. The van der Waals surface area contributed by atoms with Crippen LogP contribution in [-0.4, -0.2) is 34.1 Å². The van der Waals surface area contributed by atoms with E-state index in [0.29, 0.717) is 41.3 Å². The van der Waals surface area contributed by atoms with Crippen molar-refractivity contribution >= 4 is 31.9 Å². The van der Waals surface area contributed by atoms with Crippen molar-refractivity contribution in [1.82, 2.24) is 5.32 Å². The molecule has 0 aliphatic carbocycles. The maximum absolute atomic E-state index is 12.2. The van der Waals surface area contributed by atoms with Crippen LogP contribution in [-0.2, 0) is 14.8 Å². The number of halogens is 1. The van der Waals surface area contributed by atoms with Crippen LogP contribution < -0.4 is 10.5 Å². The summed E-state index contributed by atoms with van der Waals surface area (Å²) in [6.45, 7) is 3.60. The molecule has 0 saturated carbocycles. The molecule has 0 bridgehead atoms. The Morgan fingerprint density at radius 3 is 2.81 bits per heavy atom. The summed E-state index contributed by atoms with van der Waals surface area (Å²) >= 11 is 3.26. The van der Waals surface area contributed by atoms with Gasteiger partial charge >= 0.3 is 0 Å². The summed E-state index contributed by atoms with van der Waals surface area (Å²) < 4.78 is 28.7. The quantitative estimate of drug-likeness (QED) is 0.823. The number of carbonyl (C=O) groups is 1. The van der Waals surface area contributed by atoms with E-state index in [2.05, 4.69) is 21.2 Å². The maximum Gasteiger partial charge on any atom is 0.251 e. The third-order valence-corrected chi connectivity index (χ3v) is 5.18. The molecular formula is C13H17BrN2O4S. The van der Waals surface area contributed by atoms with Gasteiger partial charge < -0.3 is 10.1 Å². The van der Waals surface area contributed by atoms with Crippen LogP contribution in [0.5, 0.6) is 0 Å². The van der Waals surface area contributed by atoms with Crippen LogP contribution >= 0.6 is 15.9 Å². The van der Waals surface area contributed by atoms with E-state index in [1.165, 1.54) is 12.1 Å². The summed E-state index contributed by atoms with van der Waals surface area (Å²) in [7, 11) is -3.86. The molecule has 3 N–H and O–H groups in total. The lowest BCUT2D eigenvalue weighted by atomic mass is 10.1. The fraction of sp³-hybridized carbons (Fsp3) is 0.462. The first-order valence-corrected chi connectivity index (χ1v) is 8.82. The van der Waals surface area contributed by atoms with E-state index < -0.39 is 10.0 Å². The van der Waals surface area contributed by atoms with Crippen LogP contribution in [0.3, 0.4) is 0 Å². The lowest BCUT2D eigenvalue weighted by Crippen LogP contribution is -2.30. The Balaban J connectivity index is 2.21. The molecule has 6 nitrogen and oxygen atoms in total. The average molecular weight is 377 g/mol. The molecule has 1 aromatic rings. The predicted molar refractivity (Wildman–Crippen MR) is 81.5 cm³/mol. The first-order chi connectivity index (χ1) is 9.79. The molecule has 1 aliphatic heterocycles. The zero-order valence-corrected chi connectivity index (χ0v) is 14.0. The van der Waals surface area contributed by atoms with Gasteiger partial charge in [-0.3, -0.25) is 4.79 Å². The van der Waals surface area contributed by atoms with Gasteiger partial charge in [0.15, 0.2) is 0 Å². The minimum atomic E-state index is -3.86. The minimum absolute atomic E-state index is 0.0886. The number of rotatable bonds is 4. The van der Waals surface area contributed by atoms with Crippen molar-refractivity contribution in [3.63, 3.8) is 0 Å². The molecule has 1 amide bonds. The smallest absolute Gasteiger partial charge is 0.251 e. The first kappa shape index (κ1) is 16.4. The van der Waals surface area contributed by atoms with Crippen molar-refractivity contribution in [2.45, 2.75) is 18.2 Å². The van der Waals surface area contributed by atoms with Gasteiger partial charge in [0.1, 0.15) is 0 Å². The van der Waals surface area contributed by atoms with Crippen molar-refractivity contribution in [3.8, 4) is 0 Å². The number of benzene rings is 1. The lowest BCUT2D eigenvalue weighted by molar-refractivity contribution is 0.0944. The first-order valence-electron chi connectivity index (χ1n) is 6.48. The second-order valence-corrected chi connectivity index (χ2v) is 7.48. The van der Waals surface area contributed by atoms with E-state index in [1.54, 1.807) is 6.92 Å². The van der Waals surface area contributed by atoms with Gasteiger partial charge in [0.05, 0.1) is 11.5 Å². The highest BCUT2D eigenvalue weighted by Gasteiger charge is 2.20. The molecule has 2 rings (SSSR count). The van der Waals surface area contributed by atoms with E-state index in [1.807, 2.05) is 0 Å². The van der Waals surface area contributed by atoms with Crippen molar-refractivity contribution < 1.29 is 17.9 Å². The summed E-state index contributed by atoms with van der Waals surface area (Å²) in [5.41, 5.74) is 0.967. The number of ether oxygens (including phenoxy) is 1. The monoisotopic (exact) mass is 376 g/mol. The fourth-order valence-corrected chi connectivity index (χ4v) is 3.31. The van der Waals surface area contributed by atoms with Gasteiger partial charge in [0.2, 0.25) is 10.0 Å². The molecule has 1 unspecified atom stereocenters. The normalized spacial score (nSPS) is 18.7. The van der Waals surface area contributed by atoms with Gasteiger partial charge in [0, 0.05) is 29.1 Å². The second-order valence-electron chi connectivity index (χ2n) is 5.06. The molecule has 0 radical (unpaired) electrons. The molecule has 1 heterocycles. The Hall–Kier alpha value is -0.960. The number of sulfonamides is 1. The standard InChI is InChI=1S/C13H17BrN2O4S/c1-8-11(4-10(5-12(8)14)21(15,18)19)13(17)16-6-9-2-3-20-7-9/h4-5,9H,2-3,6-7H2,1H3,(H,16,17)(H2,15,18,19). The molecule has 8 heteroatoms. The zero-order valence-electron chi connectivity index (χ0n) is 11.6. The number of carbonyl (C=O) groups excluding carboxylic acids is 1. The van der Waals surface area contributed by atoms with Gasteiger partial charge in [-0.15, -0.1) is 0 Å². The molecule has 21 heavy (non-hydrogen) atoms. The van der Waals surface area contributed by atoms with Crippen LogP contribution in [0.4, 0.5) is 0 Å². The predicted octanol–water partition coefficient (Wildman–Crippen LogP) is 1.17. The Labute approximate surface area is 132 Å². The second kappa shape index (κ2) is 6.43. The molecule has 0 spiro atoms. The highest BCUT2D eigenvalue weighted by Crippen LogP contribution is 2.24. The highest BCUT2D eigenvalue weighted by molar-refractivity contribution is 9.10. The molecule has 0 aromatic heterocycles. The molecule has 1 fully saturated rings. The molecule has 1 saturated heterocycles. The van der Waals surface area contributed by atoms with Crippen LogP contribution in [0.25, 0.3) is 0 Å². The van der Waals surface area contributed by atoms with Gasteiger partial charge in [-0.1, -0.05) is 15.9 Å². The summed E-state index contributed by atoms with van der Waals surface area (Å²) in [4.78, 5) is 12.2. The van der Waals surface area contributed by atoms with Crippen LogP contribution in [0, 0.1) is 12.8 Å². The van der Waals surface area contributed by atoms with Gasteiger partial charge in [-0.05, 0) is 31.0 Å². The molecule has 1 aromatic carbocycles. The lowest BCUT2D eigenvalue weighted by Gasteiger charge is -2.13.